The van der Waals surface area contributed by atoms with Crippen LogP contribution < -0.4 is 10.7 Å². The van der Waals surface area contributed by atoms with E-state index < -0.39 is 5.91 Å². The van der Waals surface area contributed by atoms with Crippen LogP contribution in [0.15, 0.2) is 54.5 Å². The number of nitrogens with zero attached hydrogens (tertiary/aromatic N) is 1. The maximum absolute atomic E-state index is 12.8. The number of likely N-dealkylation sites (tertiary alicyclic amines) is 1. The first-order valence-electron chi connectivity index (χ1n) is 10.2. The van der Waals surface area contributed by atoms with Crippen molar-refractivity contribution in [2.24, 2.45) is 5.92 Å². The number of benzene rings is 1. The summed E-state index contributed by atoms with van der Waals surface area (Å²) in [6.07, 6.45) is 2.25. The molecule has 1 aliphatic heterocycles. The third kappa shape index (κ3) is 4.52. The number of furan rings is 1. The third-order valence-electron chi connectivity index (χ3n) is 5.72. The lowest BCUT2D eigenvalue weighted by Crippen LogP contribution is -2.41. The maximum Gasteiger partial charge on any atom is 0.287 e. The lowest BCUT2D eigenvalue weighted by atomic mass is 9.97. The average molecular weight is 473 g/mol. The van der Waals surface area contributed by atoms with E-state index in [9.17, 15) is 9.59 Å². The Balaban J connectivity index is 1.54. The van der Waals surface area contributed by atoms with Crippen LogP contribution in [0.2, 0.25) is 0 Å². The topological polar surface area (TPSA) is 75.7 Å². The van der Waals surface area contributed by atoms with Crippen molar-refractivity contribution < 1.29 is 13.6 Å². The van der Waals surface area contributed by atoms with E-state index in [1.165, 1.54) is 6.07 Å². The molecule has 1 aromatic carbocycles. The van der Waals surface area contributed by atoms with Crippen LogP contribution in [-0.4, -0.2) is 30.4 Å². The lowest BCUT2D eigenvalue weighted by Gasteiger charge is -2.35. The van der Waals surface area contributed by atoms with Crippen LogP contribution in [-0.2, 0) is 0 Å². The van der Waals surface area contributed by atoms with Gasteiger partial charge < -0.3 is 14.2 Å². The van der Waals surface area contributed by atoms with Crippen molar-refractivity contribution in [2.45, 2.75) is 32.7 Å². The number of rotatable bonds is 5. The van der Waals surface area contributed by atoms with Gasteiger partial charge in [0, 0.05) is 17.1 Å². The van der Waals surface area contributed by atoms with E-state index in [-0.39, 0.29) is 17.2 Å². The van der Waals surface area contributed by atoms with Gasteiger partial charge in [0.25, 0.3) is 5.91 Å². The van der Waals surface area contributed by atoms with Crippen molar-refractivity contribution >= 4 is 32.8 Å². The predicted molar refractivity (Wildman–Crippen MR) is 119 cm³/mol. The Labute approximate surface area is 183 Å². The number of aryl methyl sites for hydroxylation is 1. The van der Waals surface area contributed by atoms with Crippen LogP contribution in [0.3, 0.4) is 0 Å². The summed E-state index contributed by atoms with van der Waals surface area (Å²) < 4.78 is 12.4. The van der Waals surface area contributed by atoms with E-state index in [0.29, 0.717) is 23.4 Å². The van der Waals surface area contributed by atoms with Crippen molar-refractivity contribution in [3.8, 4) is 0 Å². The van der Waals surface area contributed by atoms with Crippen molar-refractivity contribution in [1.29, 1.82) is 0 Å². The number of amides is 1. The number of fused-ring (bicyclic) bond motifs is 1. The molecule has 0 radical (unpaired) electrons. The fourth-order valence-corrected chi connectivity index (χ4v) is 4.24. The molecular formula is C23H25BrN2O4. The third-order valence-corrected chi connectivity index (χ3v) is 6.21. The minimum atomic E-state index is -0.410. The average Bonchev–Trinajstić information content (AvgIpc) is 3.14. The van der Waals surface area contributed by atoms with E-state index in [1.54, 1.807) is 18.2 Å². The fraction of sp³-hybridized carbons (Fsp3) is 0.391. The first kappa shape index (κ1) is 20.9. The molecule has 1 aliphatic rings. The molecular weight excluding hydrogens is 448 g/mol. The fourth-order valence-electron chi connectivity index (χ4n) is 3.90. The number of hydrogen-bond donors (Lipinski definition) is 1. The van der Waals surface area contributed by atoms with E-state index in [2.05, 4.69) is 33.1 Å². The minimum absolute atomic E-state index is 0.00671. The monoisotopic (exact) mass is 472 g/mol. The molecule has 0 unspecified atom stereocenters. The number of hydrogen-bond acceptors (Lipinski definition) is 5. The summed E-state index contributed by atoms with van der Waals surface area (Å²) in [7, 11) is 0. The summed E-state index contributed by atoms with van der Waals surface area (Å²) in [5, 5.41) is 3.38. The first-order valence-corrected chi connectivity index (χ1v) is 11.0. The van der Waals surface area contributed by atoms with Gasteiger partial charge in [-0.3, -0.25) is 14.5 Å². The standard InChI is InChI=1S/C23H25BrN2O4/c1-14-7-9-26(10-8-14)18(20-6-3-15(2)29-20)13-25-23(28)22-12-19(27)17-5-4-16(24)11-21(17)30-22/h3-6,11-12,14,18H,7-10,13H2,1-2H3,(H,25,28)/t18-/m1/s1. The van der Waals surface area contributed by atoms with Gasteiger partial charge >= 0.3 is 0 Å². The first-order chi connectivity index (χ1) is 14.4. The molecule has 0 bridgehead atoms. The molecule has 158 valence electrons. The summed E-state index contributed by atoms with van der Waals surface area (Å²) >= 11 is 3.37. The van der Waals surface area contributed by atoms with Crippen molar-refractivity contribution in [3.63, 3.8) is 0 Å². The smallest absolute Gasteiger partial charge is 0.287 e. The van der Waals surface area contributed by atoms with Crippen LogP contribution >= 0.6 is 15.9 Å². The molecule has 1 N–H and O–H groups in total. The quantitative estimate of drug-likeness (QED) is 0.584. The normalized spacial score (nSPS) is 16.6. The largest absolute Gasteiger partial charge is 0.465 e. The van der Waals surface area contributed by atoms with Gasteiger partial charge in [0.15, 0.2) is 11.2 Å². The second-order valence-corrected chi connectivity index (χ2v) is 8.92. The van der Waals surface area contributed by atoms with E-state index in [1.807, 2.05) is 19.1 Å². The zero-order valence-electron chi connectivity index (χ0n) is 17.1. The summed E-state index contributed by atoms with van der Waals surface area (Å²) in [6.45, 7) is 6.48. The maximum atomic E-state index is 12.8. The molecule has 2 aromatic heterocycles. The molecule has 0 spiro atoms. The van der Waals surface area contributed by atoms with Gasteiger partial charge in [-0.15, -0.1) is 0 Å². The highest BCUT2D eigenvalue weighted by Gasteiger charge is 2.27. The Morgan fingerprint density at radius 2 is 1.97 bits per heavy atom. The highest BCUT2D eigenvalue weighted by Crippen LogP contribution is 2.28. The molecule has 1 fully saturated rings. The molecule has 3 aromatic rings. The zero-order chi connectivity index (χ0) is 21.3. The Morgan fingerprint density at radius 1 is 1.20 bits per heavy atom. The Bertz CT molecular complexity index is 1110. The Hall–Kier alpha value is -2.38. The van der Waals surface area contributed by atoms with Crippen LogP contribution in [0.5, 0.6) is 0 Å². The molecule has 30 heavy (non-hydrogen) atoms. The molecule has 3 heterocycles. The summed E-state index contributed by atoms with van der Waals surface area (Å²) in [5.41, 5.74) is 0.141. The summed E-state index contributed by atoms with van der Waals surface area (Å²) in [6, 6.07) is 10.2. The van der Waals surface area contributed by atoms with Gasteiger partial charge in [-0.25, -0.2) is 0 Å². The number of nitrogens with one attached hydrogen (secondary N) is 1. The van der Waals surface area contributed by atoms with Gasteiger partial charge in [0.1, 0.15) is 17.1 Å². The molecule has 0 saturated carbocycles. The zero-order valence-corrected chi connectivity index (χ0v) is 18.7. The van der Waals surface area contributed by atoms with Gasteiger partial charge in [-0.2, -0.15) is 0 Å². The van der Waals surface area contributed by atoms with Gasteiger partial charge in [0.05, 0.1) is 11.4 Å². The molecule has 1 amide bonds. The van der Waals surface area contributed by atoms with Gasteiger partial charge in [-0.05, 0) is 69.1 Å². The second-order valence-electron chi connectivity index (χ2n) is 8.01. The Kier molecular flexibility index (Phi) is 6.11. The SMILES string of the molecule is Cc1ccc([C@@H](CNC(=O)c2cc(=O)c3ccc(Br)cc3o2)N2CCC(C)CC2)o1. The lowest BCUT2D eigenvalue weighted by molar-refractivity contribution is 0.0870. The predicted octanol–water partition coefficient (Wildman–Crippen LogP) is 4.66. The van der Waals surface area contributed by atoms with Crippen molar-refractivity contribution in [2.75, 3.05) is 19.6 Å². The Morgan fingerprint density at radius 3 is 2.67 bits per heavy atom. The van der Waals surface area contributed by atoms with Gasteiger partial charge in [-0.1, -0.05) is 22.9 Å². The summed E-state index contributed by atoms with van der Waals surface area (Å²) in [4.78, 5) is 27.5. The molecule has 4 rings (SSSR count). The van der Waals surface area contributed by atoms with Crippen LogP contribution in [0.1, 0.15) is 47.9 Å². The van der Waals surface area contributed by atoms with Crippen LogP contribution in [0, 0.1) is 12.8 Å². The van der Waals surface area contributed by atoms with E-state index in [4.69, 9.17) is 8.83 Å². The summed E-state index contributed by atoms with van der Waals surface area (Å²) in [5.74, 6) is 1.99. The number of halogens is 1. The number of piperidine rings is 1. The molecule has 1 atom stereocenters. The van der Waals surface area contributed by atoms with E-state index in [0.717, 1.165) is 41.9 Å². The molecule has 0 aliphatic carbocycles. The van der Waals surface area contributed by atoms with Crippen LogP contribution in [0.25, 0.3) is 11.0 Å². The van der Waals surface area contributed by atoms with E-state index >= 15 is 0 Å². The van der Waals surface area contributed by atoms with Crippen LogP contribution in [0.4, 0.5) is 0 Å². The number of carbonyl (C=O) groups is 1. The molecule has 7 heteroatoms. The highest BCUT2D eigenvalue weighted by atomic mass is 79.9. The molecule has 6 nitrogen and oxygen atoms in total. The van der Waals surface area contributed by atoms with Crippen molar-refractivity contribution in [3.05, 3.63) is 68.4 Å². The molecule has 1 saturated heterocycles. The second kappa shape index (κ2) is 8.78. The number of carbonyl (C=O) groups excluding carboxylic acids is 1. The van der Waals surface area contributed by atoms with Gasteiger partial charge in [0.2, 0.25) is 0 Å². The minimum Gasteiger partial charge on any atom is -0.465 e. The van der Waals surface area contributed by atoms with Crippen molar-refractivity contribution in [1.82, 2.24) is 10.2 Å². The highest BCUT2D eigenvalue weighted by molar-refractivity contribution is 9.10.